The van der Waals surface area contributed by atoms with E-state index in [1.807, 2.05) is 0 Å². The predicted octanol–water partition coefficient (Wildman–Crippen LogP) is 3.31. The van der Waals surface area contributed by atoms with E-state index in [-0.39, 0.29) is 0 Å². The first-order valence-electron chi connectivity index (χ1n) is 3.92. The topological polar surface area (TPSA) is 0 Å². The van der Waals surface area contributed by atoms with E-state index in [1.54, 1.807) is 0 Å². The zero-order chi connectivity index (χ0) is 7.11. The Kier molecular flexibility index (Phi) is 6.86. The van der Waals surface area contributed by atoms with Crippen LogP contribution in [0.4, 0.5) is 0 Å². The van der Waals surface area contributed by atoms with E-state index < -0.39 is 0 Å². The highest BCUT2D eigenvalue weighted by atomic mass is 31.1. The fourth-order valence-electron chi connectivity index (χ4n) is 0.855. The Labute approximate surface area is 60.8 Å². The molecule has 0 unspecified atom stereocenters. The Morgan fingerprint density at radius 3 is 2.11 bits per heavy atom. The maximum absolute atomic E-state index is 2.36. The lowest BCUT2D eigenvalue weighted by Crippen LogP contribution is -1.81. The van der Waals surface area contributed by atoms with Crippen LogP contribution >= 0.6 is 7.92 Å². The molecule has 0 aromatic carbocycles. The van der Waals surface area contributed by atoms with Crippen molar-refractivity contribution in [3.8, 4) is 0 Å². The Balaban J connectivity index is 2.75. The van der Waals surface area contributed by atoms with E-state index in [2.05, 4.69) is 20.3 Å². The van der Waals surface area contributed by atoms with E-state index in [9.17, 15) is 0 Å². The molecule has 56 valence electrons. The first-order chi connectivity index (χ1) is 4.27. The van der Waals surface area contributed by atoms with Gasteiger partial charge in [-0.2, -0.15) is 0 Å². The van der Waals surface area contributed by atoms with Gasteiger partial charge in [0, 0.05) is 0 Å². The van der Waals surface area contributed by atoms with Crippen LogP contribution in [-0.4, -0.2) is 19.5 Å². The Morgan fingerprint density at radius 1 is 1.00 bits per heavy atom. The minimum absolute atomic E-state index is 0.383. The molecule has 0 saturated carbocycles. The molecule has 0 saturated heterocycles. The van der Waals surface area contributed by atoms with Gasteiger partial charge in [-0.25, -0.2) is 0 Å². The minimum atomic E-state index is 0.383. The van der Waals surface area contributed by atoms with Crippen molar-refractivity contribution in [2.75, 3.05) is 19.5 Å². The Hall–Kier alpha value is 0.430. The molecule has 0 bridgehead atoms. The second-order valence-corrected chi connectivity index (χ2v) is 5.47. The van der Waals surface area contributed by atoms with Crippen LogP contribution in [0.2, 0.25) is 0 Å². The van der Waals surface area contributed by atoms with Gasteiger partial charge in [-0.1, -0.05) is 26.2 Å². The van der Waals surface area contributed by atoms with E-state index >= 15 is 0 Å². The van der Waals surface area contributed by atoms with Crippen LogP contribution in [0.1, 0.15) is 32.6 Å². The molecule has 0 heterocycles. The first kappa shape index (κ1) is 9.43. The van der Waals surface area contributed by atoms with Crippen molar-refractivity contribution in [3.63, 3.8) is 0 Å². The van der Waals surface area contributed by atoms with E-state index in [4.69, 9.17) is 0 Å². The number of hydrogen-bond donors (Lipinski definition) is 0. The summed E-state index contributed by atoms with van der Waals surface area (Å²) in [5.41, 5.74) is 0. The second kappa shape index (κ2) is 6.55. The summed E-state index contributed by atoms with van der Waals surface area (Å²) in [5.74, 6) is 0. The molecule has 9 heavy (non-hydrogen) atoms. The van der Waals surface area contributed by atoms with Gasteiger partial charge in [0.05, 0.1) is 0 Å². The molecule has 0 fully saturated rings. The van der Waals surface area contributed by atoms with Gasteiger partial charge in [0.1, 0.15) is 0 Å². The number of rotatable bonds is 5. The van der Waals surface area contributed by atoms with E-state index in [0.717, 1.165) is 0 Å². The third kappa shape index (κ3) is 8.43. The molecule has 0 aromatic rings. The van der Waals surface area contributed by atoms with Crippen LogP contribution in [0.5, 0.6) is 0 Å². The first-order valence-corrected chi connectivity index (χ1v) is 6.34. The van der Waals surface area contributed by atoms with Crippen LogP contribution in [0, 0.1) is 0 Å². The molecule has 0 amide bonds. The normalized spacial score (nSPS) is 10.7. The molecular weight excluding hydrogens is 127 g/mol. The molecular formula is C8H19P. The summed E-state index contributed by atoms with van der Waals surface area (Å²) >= 11 is 0. The van der Waals surface area contributed by atoms with Gasteiger partial charge in [0.15, 0.2) is 0 Å². The number of unbranched alkanes of at least 4 members (excludes halogenated alkanes) is 3. The van der Waals surface area contributed by atoms with Gasteiger partial charge in [0.25, 0.3) is 0 Å². The summed E-state index contributed by atoms with van der Waals surface area (Å²) in [6.45, 7) is 6.99. The highest BCUT2D eigenvalue weighted by molar-refractivity contribution is 7.55. The zero-order valence-corrected chi connectivity index (χ0v) is 7.88. The van der Waals surface area contributed by atoms with Gasteiger partial charge < -0.3 is 0 Å². The van der Waals surface area contributed by atoms with Crippen LogP contribution in [-0.2, 0) is 0 Å². The molecule has 0 aromatic heterocycles. The molecule has 0 aliphatic carbocycles. The van der Waals surface area contributed by atoms with Gasteiger partial charge >= 0.3 is 0 Å². The largest absolute Gasteiger partial charge is 0.113 e. The lowest BCUT2D eigenvalue weighted by Gasteiger charge is -2.02. The quantitative estimate of drug-likeness (QED) is 0.412. The van der Waals surface area contributed by atoms with Gasteiger partial charge in [0.2, 0.25) is 0 Å². The average molecular weight is 146 g/mol. The SMILES string of the molecule is CCCCCCP(C)C. The van der Waals surface area contributed by atoms with Crippen molar-refractivity contribution in [1.29, 1.82) is 0 Å². The molecule has 0 spiro atoms. The van der Waals surface area contributed by atoms with Crippen molar-refractivity contribution in [2.24, 2.45) is 0 Å². The molecule has 0 N–H and O–H groups in total. The average Bonchev–Trinajstić information content (AvgIpc) is 1.80. The summed E-state index contributed by atoms with van der Waals surface area (Å²) < 4.78 is 0. The molecule has 0 radical (unpaired) electrons. The molecule has 0 aliphatic heterocycles. The lowest BCUT2D eigenvalue weighted by atomic mass is 10.2. The standard InChI is InChI=1S/C8H19P/c1-4-5-6-7-8-9(2)3/h4-8H2,1-3H3. The smallest absolute Gasteiger partial charge is 0.0331 e. The van der Waals surface area contributed by atoms with Crippen LogP contribution < -0.4 is 0 Å². The monoisotopic (exact) mass is 146 g/mol. The van der Waals surface area contributed by atoms with Gasteiger partial charge in [-0.05, 0) is 25.9 Å². The van der Waals surface area contributed by atoms with Crippen LogP contribution in [0.3, 0.4) is 0 Å². The van der Waals surface area contributed by atoms with Gasteiger partial charge in [-0.15, -0.1) is 7.92 Å². The van der Waals surface area contributed by atoms with Crippen molar-refractivity contribution >= 4 is 7.92 Å². The highest BCUT2D eigenvalue weighted by Gasteiger charge is 1.91. The summed E-state index contributed by atoms with van der Waals surface area (Å²) in [6.07, 6.45) is 7.20. The summed E-state index contributed by atoms with van der Waals surface area (Å²) in [5, 5.41) is 0. The molecule has 0 rings (SSSR count). The summed E-state index contributed by atoms with van der Waals surface area (Å²) in [7, 11) is 0.383. The van der Waals surface area contributed by atoms with E-state index in [0.29, 0.717) is 7.92 Å². The third-order valence-electron chi connectivity index (χ3n) is 1.46. The van der Waals surface area contributed by atoms with Gasteiger partial charge in [-0.3, -0.25) is 0 Å². The predicted molar refractivity (Wildman–Crippen MR) is 47.8 cm³/mol. The maximum atomic E-state index is 2.36. The third-order valence-corrected chi connectivity index (χ3v) is 2.67. The van der Waals surface area contributed by atoms with Crippen molar-refractivity contribution in [3.05, 3.63) is 0 Å². The van der Waals surface area contributed by atoms with E-state index in [1.165, 1.54) is 31.8 Å². The zero-order valence-electron chi connectivity index (χ0n) is 6.98. The lowest BCUT2D eigenvalue weighted by molar-refractivity contribution is 0.705. The molecule has 1 heteroatoms. The highest BCUT2D eigenvalue weighted by Crippen LogP contribution is 2.25. The number of hydrogen-bond acceptors (Lipinski definition) is 0. The molecule has 0 atom stereocenters. The summed E-state index contributed by atoms with van der Waals surface area (Å²) in [4.78, 5) is 0. The van der Waals surface area contributed by atoms with Crippen LogP contribution in [0.25, 0.3) is 0 Å². The van der Waals surface area contributed by atoms with Crippen molar-refractivity contribution in [2.45, 2.75) is 32.6 Å². The fraction of sp³-hybridized carbons (Fsp3) is 1.00. The molecule has 0 nitrogen and oxygen atoms in total. The summed E-state index contributed by atoms with van der Waals surface area (Å²) in [6, 6.07) is 0. The van der Waals surface area contributed by atoms with Crippen LogP contribution in [0.15, 0.2) is 0 Å². The second-order valence-electron chi connectivity index (χ2n) is 2.86. The minimum Gasteiger partial charge on any atom is -0.113 e. The van der Waals surface area contributed by atoms with Crippen molar-refractivity contribution < 1.29 is 0 Å². The Morgan fingerprint density at radius 2 is 1.67 bits per heavy atom. The Bertz CT molecular complexity index is 50.5. The van der Waals surface area contributed by atoms with Crippen molar-refractivity contribution in [1.82, 2.24) is 0 Å². The fourth-order valence-corrected chi connectivity index (χ4v) is 1.71. The maximum Gasteiger partial charge on any atom is -0.0331 e. The molecule has 0 aliphatic rings.